The first kappa shape index (κ1) is 9.68. The average molecular weight is 354 g/mol. The van der Waals surface area contributed by atoms with Gasteiger partial charge >= 0.3 is 0 Å². The largest absolute Gasteiger partial charge is 0.194 e. The summed E-state index contributed by atoms with van der Waals surface area (Å²) in [5.74, 6) is 0. The Kier molecular flexibility index (Phi) is 3.31. The minimum atomic E-state index is -0.919. The molecule has 0 saturated carbocycles. The molecule has 8 heavy (non-hydrogen) atoms. The van der Waals surface area contributed by atoms with E-state index in [1.165, 1.54) is 0 Å². The van der Waals surface area contributed by atoms with Crippen LogP contribution in [0.5, 0.6) is 0 Å². The van der Waals surface area contributed by atoms with Gasteiger partial charge in [-0.2, -0.15) is 0 Å². The second kappa shape index (κ2) is 2.73. The van der Waals surface area contributed by atoms with Crippen molar-refractivity contribution in [3.63, 3.8) is 0 Å². The first-order valence-corrected chi connectivity index (χ1v) is 11.4. The zero-order chi connectivity index (χ0) is 7.00. The molecule has 0 aliphatic carbocycles. The van der Waals surface area contributed by atoms with Crippen molar-refractivity contribution < 1.29 is 0 Å². The Hall–Kier alpha value is 1.68. The summed E-state index contributed by atoms with van der Waals surface area (Å²) < 4.78 is -0.919. The van der Waals surface area contributed by atoms with Gasteiger partial charge in [-0.15, -0.1) is 43.6 Å². The molecule has 50 valence electrons. The maximum atomic E-state index is 2.61. The number of hydrogen-bond donors (Lipinski definition) is 0. The Bertz CT molecular complexity index is 65.4. The molecule has 0 N–H and O–H groups in total. The standard InChI is InChI=1S/C5H12I2Si/c1-5(2,3)8(4,6)7/h1-4H3. The van der Waals surface area contributed by atoms with E-state index in [0.717, 1.165) is 0 Å². The summed E-state index contributed by atoms with van der Waals surface area (Å²) in [4.78, 5) is 0. The lowest BCUT2D eigenvalue weighted by molar-refractivity contribution is 0.752. The van der Waals surface area contributed by atoms with Gasteiger partial charge in [-0.1, -0.05) is 27.3 Å². The van der Waals surface area contributed by atoms with Crippen molar-refractivity contribution in [2.24, 2.45) is 0 Å². The van der Waals surface area contributed by atoms with Crippen LogP contribution in [0.2, 0.25) is 11.6 Å². The van der Waals surface area contributed by atoms with Crippen molar-refractivity contribution in [1.82, 2.24) is 0 Å². The fourth-order valence-electron chi connectivity index (χ4n) is 0. The summed E-state index contributed by atoms with van der Waals surface area (Å²) in [5, 5.41) is 0.550. The van der Waals surface area contributed by atoms with E-state index in [4.69, 9.17) is 0 Å². The van der Waals surface area contributed by atoms with Crippen LogP contribution in [0.1, 0.15) is 20.8 Å². The molecule has 0 spiro atoms. The third kappa shape index (κ3) is 3.00. The third-order valence-electron chi connectivity index (χ3n) is 1.32. The Morgan fingerprint density at radius 1 is 1.12 bits per heavy atom. The van der Waals surface area contributed by atoms with Gasteiger partial charge < -0.3 is 0 Å². The van der Waals surface area contributed by atoms with E-state index in [1.54, 1.807) is 0 Å². The van der Waals surface area contributed by atoms with Gasteiger partial charge in [0, 0.05) is 0 Å². The molecule has 0 unspecified atom stereocenters. The summed E-state index contributed by atoms with van der Waals surface area (Å²) in [6.45, 7) is 9.34. The highest BCUT2D eigenvalue weighted by Crippen LogP contribution is 2.44. The molecule has 0 aliphatic heterocycles. The van der Waals surface area contributed by atoms with E-state index in [1.807, 2.05) is 0 Å². The molecule has 0 nitrogen and oxygen atoms in total. The maximum Gasteiger partial charge on any atom is 0.194 e. The normalized spacial score (nSPS) is 14.2. The topological polar surface area (TPSA) is 0 Å². The summed E-state index contributed by atoms with van der Waals surface area (Å²) in [7, 11) is 0. The first-order chi connectivity index (χ1) is 3.25. The van der Waals surface area contributed by atoms with Gasteiger partial charge in [0.15, 0.2) is 3.07 Å². The molecule has 0 aromatic heterocycles. The smallest absolute Gasteiger partial charge is 0.104 e. The van der Waals surface area contributed by atoms with Crippen molar-refractivity contribution in [2.45, 2.75) is 32.4 Å². The van der Waals surface area contributed by atoms with Crippen LogP contribution in [-0.4, -0.2) is 3.07 Å². The molecule has 0 aliphatic rings. The predicted molar refractivity (Wildman–Crippen MR) is 59.4 cm³/mol. The molecule has 0 bridgehead atoms. The van der Waals surface area contributed by atoms with Crippen LogP contribution in [0.3, 0.4) is 0 Å². The zero-order valence-electron chi connectivity index (χ0n) is 5.76. The van der Waals surface area contributed by atoms with E-state index in [-0.39, 0.29) is 0 Å². The third-order valence-corrected chi connectivity index (χ3v) is 13.7. The Morgan fingerprint density at radius 2 is 1.25 bits per heavy atom. The lowest BCUT2D eigenvalue weighted by Gasteiger charge is -2.28. The van der Waals surface area contributed by atoms with Crippen LogP contribution < -0.4 is 0 Å². The SMILES string of the molecule is CC(C)(C)[Si](C)(I)I. The van der Waals surface area contributed by atoms with E-state index < -0.39 is 3.07 Å². The monoisotopic (exact) mass is 354 g/mol. The van der Waals surface area contributed by atoms with Gasteiger partial charge in [-0.3, -0.25) is 0 Å². The highest BCUT2D eigenvalue weighted by molar-refractivity contribution is 14.3. The van der Waals surface area contributed by atoms with Gasteiger partial charge in [0.05, 0.1) is 0 Å². The molecule has 0 rings (SSSR count). The van der Waals surface area contributed by atoms with Crippen molar-refractivity contribution in [1.29, 1.82) is 0 Å². The molecule has 3 heteroatoms. The van der Waals surface area contributed by atoms with Gasteiger partial charge in [0.2, 0.25) is 0 Å². The van der Waals surface area contributed by atoms with Crippen LogP contribution in [0, 0.1) is 0 Å². The molecule has 0 aromatic rings. The molecule has 0 heterocycles. The van der Waals surface area contributed by atoms with Crippen LogP contribution in [0.15, 0.2) is 0 Å². The zero-order valence-corrected chi connectivity index (χ0v) is 11.1. The van der Waals surface area contributed by atoms with Crippen LogP contribution in [-0.2, 0) is 0 Å². The van der Waals surface area contributed by atoms with Crippen molar-refractivity contribution in [3.8, 4) is 0 Å². The quantitative estimate of drug-likeness (QED) is 0.353. The molecular weight excluding hydrogens is 342 g/mol. The minimum absolute atomic E-state index is 0.550. The summed E-state index contributed by atoms with van der Waals surface area (Å²) in [5.41, 5.74) is 0. The highest BCUT2D eigenvalue weighted by atomic mass is 127. The fourth-order valence-corrected chi connectivity index (χ4v) is 0. The summed E-state index contributed by atoms with van der Waals surface area (Å²) >= 11 is 5.22. The fraction of sp³-hybridized carbons (Fsp3) is 1.00. The number of halogens is 2. The second-order valence-corrected chi connectivity index (χ2v) is 25.6. The van der Waals surface area contributed by atoms with Crippen LogP contribution in [0.4, 0.5) is 0 Å². The van der Waals surface area contributed by atoms with E-state index >= 15 is 0 Å². The van der Waals surface area contributed by atoms with E-state index in [9.17, 15) is 0 Å². The number of hydrogen-bond acceptors (Lipinski definition) is 0. The molecule has 0 amide bonds. The van der Waals surface area contributed by atoms with Crippen molar-refractivity contribution in [3.05, 3.63) is 0 Å². The molecular formula is C5H12I2Si. The summed E-state index contributed by atoms with van der Waals surface area (Å²) in [6.07, 6.45) is 0. The van der Waals surface area contributed by atoms with Crippen molar-refractivity contribution >= 4 is 46.7 Å². The van der Waals surface area contributed by atoms with Crippen LogP contribution in [0.25, 0.3) is 0 Å². The van der Waals surface area contributed by atoms with Crippen molar-refractivity contribution in [2.75, 3.05) is 0 Å². The molecule has 0 fully saturated rings. The molecule has 0 aromatic carbocycles. The Morgan fingerprint density at radius 3 is 1.25 bits per heavy atom. The first-order valence-electron chi connectivity index (χ1n) is 2.63. The molecule has 0 saturated heterocycles. The maximum absolute atomic E-state index is 2.61. The Labute approximate surface area is 78.2 Å². The lowest BCUT2D eigenvalue weighted by atomic mass is 10.3. The molecule has 0 atom stereocenters. The molecule has 0 radical (unpaired) electrons. The van der Waals surface area contributed by atoms with Crippen LogP contribution >= 0.6 is 43.6 Å². The Balaban J connectivity index is 4.02. The van der Waals surface area contributed by atoms with E-state index in [0.29, 0.717) is 5.04 Å². The predicted octanol–water partition coefficient (Wildman–Crippen LogP) is 3.73. The summed E-state index contributed by atoms with van der Waals surface area (Å²) in [6, 6.07) is 0. The number of rotatable bonds is 0. The highest BCUT2D eigenvalue weighted by Gasteiger charge is 2.34. The van der Waals surface area contributed by atoms with Gasteiger partial charge in [-0.05, 0) is 5.04 Å². The van der Waals surface area contributed by atoms with Gasteiger partial charge in [-0.25, -0.2) is 0 Å². The van der Waals surface area contributed by atoms with E-state index in [2.05, 4.69) is 70.9 Å². The second-order valence-electron chi connectivity index (χ2n) is 3.14. The van der Waals surface area contributed by atoms with Gasteiger partial charge in [0.25, 0.3) is 0 Å². The lowest BCUT2D eigenvalue weighted by Crippen LogP contribution is -2.25. The minimum Gasteiger partial charge on any atom is -0.104 e. The average Bonchev–Trinajstić information content (AvgIpc) is 1.25. The van der Waals surface area contributed by atoms with Gasteiger partial charge in [0.1, 0.15) is 0 Å².